The molecule has 0 aliphatic rings. The molecule has 0 aromatic carbocycles. The Bertz CT molecular complexity index is 1610. The van der Waals surface area contributed by atoms with Crippen LogP contribution in [0.4, 0.5) is 0 Å². The van der Waals surface area contributed by atoms with Gasteiger partial charge in [-0.05, 0) is 83.5 Å². The van der Waals surface area contributed by atoms with Crippen molar-refractivity contribution in [3.63, 3.8) is 0 Å². The Labute approximate surface area is 515 Å². The summed E-state index contributed by atoms with van der Waals surface area (Å²) in [5, 5.41) is 0. The molecular formula is C77H134O6. The van der Waals surface area contributed by atoms with Gasteiger partial charge >= 0.3 is 17.9 Å². The second kappa shape index (κ2) is 70.8. The van der Waals surface area contributed by atoms with Gasteiger partial charge in [-0.1, -0.05) is 349 Å². The smallest absolute Gasteiger partial charge is 0.306 e. The molecule has 478 valence electrons. The van der Waals surface area contributed by atoms with Gasteiger partial charge in [0.2, 0.25) is 0 Å². The van der Waals surface area contributed by atoms with Crippen molar-refractivity contribution in [3.8, 4) is 0 Å². The van der Waals surface area contributed by atoms with Gasteiger partial charge < -0.3 is 14.2 Å². The fraction of sp³-hybridized carbons (Fsp3) is 0.753. The van der Waals surface area contributed by atoms with Crippen LogP contribution in [0, 0.1) is 0 Å². The number of rotatable bonds is 65. The van der Waals surface area contributed by atoms with Crippen LogP contribution in [-0.2, 0) is 28.6 Å². The summed E-state index contributed by atoms with van der Waals surface area (Å²) in [6.45, 7) is 6.54. The Kier molecular flexibility index (Phi) is 67.7. The van der Waals surface area contributed by atoms with Gasteiger partial charge in [0.1, 0.15) is 13.2 Å². The van der Waals surface area contributed by atoms with E-state index in [2.05, 4.69) is 118 Å². The Morgan fingerprint density at radius 1 is 0.253 bits per heavy atom. The van der Waals surface area contributed by atoms with Crippen LogP contribution in [0.15, 0.2) is 97.2 Å². The molecule has 0 bridgehead atoms. The first kappa shape index (κ1) is 79.3. The molecule has 83 heavy (non-hydrogen) atoms. The number of unbranched alkanes of at least 4 members (excludes halogenated alkanes) is 38. The molecule has 6 nitrogen and oxygen atoms in total. The lowest BCUT2D eigenvalue weighted by Crippen LogP contribution is -2.30. The molecule has 0 aromatic rings. The Hall–Kier alpha value is -3.67. The maximum absolute atomic E-state index is 12.9. The van der Waals surface area contributed by atoms with Crippen LogP contribution in [0.2, 0.25) is 0 Å². The van der Waals surface area contributed by atoms with Gasteiger partial charge in [-0.2, -0.15) is 0 Å². The van der Waals surface area contributed by atoms with Gasteiger partial charge in [0.25, 0.3) is 0 Å². The summed E-state index contributed by atoms with van der Waals surface area (Å²) in [7, 11) is 0. The zero-order valence-electron chi connectivity index (χ0n) is 54.9. The standard InChI is InChI=1S/C77H134O6/c1-4-7-10-13-16-19-21-23-25-27-29-31-33-35-36-37-38-39-40-42-43-45-47-49-51-53-55-58-61-64-67-70-76(79)82-73-74(72-81-75(78)69-66-63-60-57-18-15-12-9-6-3)83-77(80)71-68-65-62-59-56-54-52-50-48-46-44-41-34-32-30-28-26-24-22-20-17-14-11-8-5-2/h7,10,16,19,23,25,29,31,35-36,38-39,42-43,47,49,74H,4-6,8-9,11-15,17-18,20-22,24,26-28,30,32-34,37,40-41,44-46,48,50-73H2,1-3H3/b10-7-,19-16-,25-23-,31-29-,36-35-,39-38-,43-42-,49-47-. The van der Waals surface area contributed by atoms with Crippen molar-refractivity contribution in [2.24, 2.45) is 0 Å². The molecule has 1 unspecified atom stereocenters. The third kappa shape index (κ3) is 69.0. The summed E-state index contributed by atoms with van der Waals surface area (Å²) in [5.74, 6) is -0.879. The van der Waals surface area contributed by atoms with Crippen molar-refractivity contribution in [3.05, 3.63) is 97.2 Å². The first-order valence-electron chi connectivity index (χ1n) is 35.7. The minimum atomic E-state index is -0.781. The van der Waals surface area contributed by atoms with E-state index in [1.54, 1.807) is 0 Å². The lowest BCUT2D eigenvalue weighted by atomic mass is 10.0. The van der Waals surface area contributed by atoms with E-state index in [9.17, 15) is 14.4 Å². The van der Waals surface area contributed by atoms with Crippen molar-refractivity contribution in [1.82, 2.24) is 0 Å². The number of carbonyl (C=O) groups is 3. The Morgan fingerprint density at radius 2 is 0.470 bits per heavy atom. The first-order chi connectivity index (χ1) is 41.0. The third-order valence-electron chi connectivity index (χ3n) is 15.6. The van der Waals surface area contributed by atoms with Gasteiger partial charge in [-0.25, -0.2) is 0 Å². The fourth-order valence-electron chi connectivity index (χ4n) is 10.3. The highest BCUT2D eigenvalue weighted by Crippen LogP contribution is 2.18. The molecule has 0 rings (SSSR count). The number of hydrogen-bond acceptors (Lipinski definition) is 6. The molecule has 0 aliphatic heterocycles. The zero-order chi connectivity index (χ0) is 59.9. The average Bonchev–Trinajstić information content (AvgIpc) is 3.49. The normalized spacial score (nSPS) is 12.7. The first-order valence-corrected chi connectivity index (χ1v) is 35.7. The fourth-order valence-corrected chi connectivity index (χ4v) is 10.3. The van der Waals surface area contributed by atoms with Gasteiger partial charge in [0, 0.05) is 19.3 Å². The van der Waals surface area contributed by atoms with Gasteiger partial charge in [-0.3, -0.25) is 14.4 Å². The predicted octanol–water partition coefficient (Wildman–Crippen LogP) is 24.8. The largest absolute Gasteiger partial charge is 0.462 e. The highest BCUT2D eigenvalue weighted by Gasteiger charge is 2.19. The Morgan fingerprint density at radius 3 is 0.735 bits per heavy atom. The summed E-state index contributed by atoms with van der Waals surface area (Å²) >= 11 is 0. The molecule has 0 fully saturated rings. The lowest BCUT2D eigenvalue weighted by Gasteiger charge is -2.18. The molecule has 1 atom stereocenters. The molecule has 0 saturated heterocycles. The summed E-state index contributed by atoms with van der Waals surface area (Å²) in [6, 6.07) is 0. The molecule has 0 aliphatic carbocycles. The van der Waals surface area contributed by atoms with E-state index in [-0.39, 0.29) is 31.1 Å². The molecule has 0 heterocycles. The van der Waals surface area contributed by atoms with Crippen LogP contribution in [0.5, 0.6) is 0 Å². The lowest BCUT2D eigenvalue weighted by molar-refractivity contribution is -0.167. The van der Waals surface area contributed by atoms with E-state index < -0.39 is 6.10 Å². The van der Waals surface area contributed by atoms with Crippen LogP contribution >= 0.6 is 0 Å². The number of ether oxygens (including phenoxy) is 3. The third-order valence-corrected chi connectivity index (χ3v) is 15.6. The summed E-state index contributed by atoms with van der Waals surface area (Å²) in [6.07, 6.45) is 95.9. The van der Waals surface area contributed by atoms with E-state index in [1.165, 1.54) is 193 Å². The van der Waals surface area contributed by atoms with E-state index in [0.29, 0.717) is 19.3 Å². The molecule has 0 spiro atoms. The molecule has 6 heteroatoms. The van der Waals surface area contributed by atoms with Crippen molar-refractivity contribution >= 4 is 17.9 Å². The van der Waals surface area contributed by atoms with Crippen LogP contribution in [0.3, 0.4) is 0 Å². The summed E-state index contributed by atoms with van der Waals surface area (Å²) < 4.78 is 16.9. The maximum Gasteiger partial charge on any atom is 0.306 e. The Balaban J connectivity index is 4.19. The number of carbonyl (C=O) groups excluding carboxylic acids is 3. The van der Waals surface area contributed by atoms with Crippen molar-refractivity contribution in [2.75, 3.05) is 13.2 Å². The van der Waals surface area contributed by atoms with E-state index in [0.717, 1.165) is 122 Å². The molecule has 0 radical (unpaired) electrons. The molecular weight excluding hydrogens is 1020 g/mol. The average molecular weight is 1160 g/mol. The number of hydrogen-bond donors (Lipinski definition) is 0. The van der Waals surface area contributed by atoms with Crippen molar-refractivity contribution in [2.45, 2.75) is 361 Å². The SMILES string of the molecule is CC/C=C\C/C=C\C/C=C\C/C=C\C/C=C\C/C=C\C/C=C\C/C=C\CCCCCCCCC(=O)OCC(COC(=O)CCCCCCCCCCC)OC(=O)CCCCCCCCCCCCCCCCCCCCCCCCCCC. The highest BCUT2D eigenvalue weighted by molar-refractivity contribution is 5.71. The van der Waals surface area contributed by atoms with Crippen molar-refractivity contribution < 1.29 is 28.6 Å². The summed E-state index contributed by atoms with van der Waals surface area (Å²) in [4.78, 5) is 38.3. The molecule has 0 aromatic heterocycles. The van der Waals surface area contributed by atoms with Crippen molar-refractivity contribution in [1.29, 1.82) is 0 Å². The topological polar surface area (TPSA) is 78.9 Å². The zero-order valence-corrected chi connectivity index (χ0v) is 54.9. The summed E-state index contributed by atoms with van der Waals surface area (Å²) in [5.41, 5.74) is 0. The number of allylic oxidation sites excluding steroid dienone is 16. The van der Waals surface area contributed by atoms with Crippen LogP contribution in [-0.4, -0.2) is 37.2 Å². The quantitative estimate of drug-likeness (QED) is 0.0261. The molecule has 0 N–H and O–H groups in total. The van der Waals surface area contributed by atoms with E-state index in [4.69, 9.17) is 14.2 Å². The second-order valence-corrected chi connectivity index (χ2v) is 23.8. The predicted molar refractivity (Wildman–Crippen MR) is 362 cm³/mol. The van der Waals surface area contributed by atoms with Gasteiger partial charge in [-0.15, -0.1) is 0 Å². The van der Waals surface area contributed by atoms with E-state index >= 15 is 0 Å². The van der Waals surface area contributed by atoms with Crippen LogP contribution in [0.25, 0.3) is 0 Å². The second-order valence-electron chi connectivity index (χ2n) is 23.8. The van der Waals surface area contributed by atoms with Crippen LogP contribution < -0.4 is 0 Å². The maximum atomic E-state index is 12.9. The highest BCUT2D eigenvalue weighted by atomic mass is 16.6. The van der Waals surface area contributed by atoms with E-state index in [1.807, 2.05) is 0 Å². The van der Waals surface area contributed by atoms with Gasteiger partial charge in [0.15, 0.2) is 6.10 Å². The minimum absolute atomic E-state index is 0.0777. The minimum Gasteiger partial charge on any atom is -0.462 e. The van der Waals surface area contributed by atoms with Gasteiger partial charge in [0.05, 0.1) is 0 Å². The molecule has 0 amide bonds. The van der Waals surface area contributed by atoms with Crippen LogP contribution in [0.1, 0.15) is 355 Å². The number of esters is 3. The monoisotopic (exact) mass is 1160 g/mol. The molecule has 0 saturated carbocycles.